The van der Waals surface area contributed by atoms with Gasteiger partial charge in [0.1, 0.15) is 17.2 Å². The molecule has 0 aliphatic rings. The molecular formula is C56H51Cl9O15. The van der Waals surface area contributed by atoms with Gasteiger partial charge in [0, 0.05) is 48.3 Å². The van der Waals surface area contributed by atoms with Crippen LogP contribution in [0.4, 0.5) is 0 Å². The maximum atomic E-state index is 12.1. The number of carbonyl (C=O) groups is 6. The van der Waals surface area contributed by atoms with E-state index < -0.39 is 55.5 Å². The van der Waals surface area contributed by atoms with Crippen molar-refractivity contribution >= 4 is 140 Å². The molecule has 6 aromatic carbocycles. The number of Topliss-reactive ketones (excluding diaryl/α,β-unsaturated/α-hetero) is 3. The minimum absolute atomic E-state index is 0. The van der Waals surface area contributed by atoms with Gasteiger partial charge in [-0.2, -0.15) is 0 Å². The number of ether oxygens (including phenoxy) is 9. The average molecular weight is 1280 g/mol. The molecule has 0 saturated carbocycles. The van der Waals surface area contributed by atoms with Gasteiger partial charge < -0.3 is 42.6 Å². The van der Waals surface area contributed by atoms with Crippen molar-refractivity contribution in [2.24, 2.45) is 0 Å². The fourth-order valence-corrected chi connectivity index (χ4v) is 7.37. The summed E-state index contributed by atoms with van der Waals surface area (Å²) in [6.07, 6.45) is -3.53. The van der Waals surface area contributed by atoms with Crippen LogP contribution in [0, 0.1) is 0 Å². The summed E-state index contributed by atoms with van der Waals surface area (Å²) >= 11 is 53.9. The Morgan fingerprint density at radius 3 is 0.912 bits per heavy atom. The maximum Gasteiger partial charge on any atom is 0.347 e. The molecule has 0 fully saturated rings. The number of ketones is 3. The van der Waals surface area contributed by atoms with Crippen molar-refractivity contribution in [2.75, 3.05) is 13.2 Å². The SMILES string of the molecule is C.CC(=O)C(C)OC(=O)C(C)Oc1cc(Cl)ccc1Oc1ccc(Cl)cc1Cl.CC(=O)C(C)OC(=O)COc1cc(Cl)ccc1Oc1ccc(Cl)cc1Cl.CC(=O)C(C)OC(=O)COc1cc(Cl)ccc1Oc1ccc(Cl)cc1Cl. The molecule has 6 aromatic rings. The molecule has 15 nitrogen and oxygen atoms in total. The molecule has 80 heavy (non-hydrogen) atoms. The van der Waals surface area contributed by atoms with Gasteiger partial charge in [-0.1, -0.05) is 112 Å². The lowest BCUT2D eigenvalue weighted by molar-refractivity contribution is -0.159. The van der Waals surface area contributed by atoms with Gasteiger partial charge in [0.2, 0.25) is 0 Å². The Labute approximate surface area is 507 Å². The van der Waals surface area contributed by atoms with E-state index in [9.17, 15) is 28.8 Å². The van der Waals surface area contributed by atoms with E-state index in [-0.39, 0.29) is 42.0 Å². The predicted octanol–water partition coefficient (Wildman–Crippen LogP) is 17.0. The zero-order valence-corrected chi connectivity index (χ0v) is 49.4. The van der Waals surface area contributed by atoms with E-state index in [0.717, 1.165) is 0 Å². The van der Waals surface area contributed by atoms with Crippen molar-refractivity contribution in [1.29, 1.82) is 0 Å². The predicted molar refractivity (Wildman–Crippen MR) is 310 cm³/mol. The molecule has 24 heteroatoms. The highest BCUT2D eigenvalue weighted by atomic mass is 35.5. The lowest BCUT2D eigenvalue weighted by Crippen LogP contribution is -2.31. The molecule has 0 amide bonds. The van der Waals surface area contributed by atoms with Crippen LogP contribution < -0.4 is 28.4 Å². The molecule has 0 aromatic heterocycles. The average Bonchev–Trinajstić information content (AvgIpc) is 3.37. The number of benzene rings is 6. The lowest BCUT2D eigenvalue weighted by atomic mass is 10.3. The van der Waals surface area contributed by atoms with Gasteiger partial charge in [0.05, 0.1) is 15.1 Å². The number of halogens is 9. The van der Waals surface area contributed by atoms with Crippen molar-refractivity contribution in [3.05, 3.63) is 154 Å². The monoisotopic (exact) mass is 1280 g/mol. The summed E-state index contributed by atoms with van der Waals surface area (Å²) in [5.41, 5.74) is 0. The second kappa shape index (κ2) is 33.2. The largest absolute Gasteiger partial charge is 0.478 e. The molecule has 0 N–H and O–H groups in total. The van der Waals surface area contributed by atoms with Crippen LogP contribution in [0.15, 0.2) is 109 Å². The van der Waals surface area contributed by atoms with Crippen LogP contribution in [-0.4, -0.2) is 72.9 Å². The Hall–Kier alpha value is -5.85. The summed E-state index contributed by atoms with van der Waals surface area (Å²) < 4.78 is 48.6. The zero-order chi connectivity index (χ0) is 58.7. The smallest absolute Gasteiger partial charge is 0.347 e. The normalized spacial score (nSPS) is 11.8. The van der Waals surface area contributed by atoms with Crippen LogP contribution in [0.5, 0.6) is 51.7 Å². The first-order chi connectivity index (χ1) is 37.2. The van der Waals surface area contributed by atoms with E-state index in [0.29, 0.717) is 79.7 Å². The Morgan fingerprint density at radius 2 is 0.613 bits per heavy atom. The van der Waals surface area contributed by atoms with Crippen LogP contribution in [0.2, 0.25) is 45.2 Å². The topological polar surface area (TPSA) is 185 Å². The third kappa shape index (κ3) is 23.0. The first kappa shape index (κ1) is 68.4. The number of rotatable bonds is 21. The summed E-state index contributed by atoms with van der Waals surface area (Å²) in [7, 11) is 0. The molecule has 0 saturated heterocycles. The summed E-state index contributed by atoms with van der Waals surface area (Å²) in [5.74, 6) is -0.245. The second-order valence-corrected chi connectivity index (χ2v) is 20.2. The van der Waals surface area contributed by atoms with Crippen molar-refractivity contribution in [3.8, 4) is 51.7 Å². The first-order valence-electron chi connectivity index (χ1n) is 23.0. The molecule has 428 valence electrons. The van der Waals surface area contributed by atoms with Crippen molar-refractivity contribution in [1.82, 2.24) is 0 Å². The molecule has 0 aliphatic carbocycles. The lowest BCUT2D eigenvalue weighted by Gasteiger charge is -2.19. The van der Waals surface area contributed by atoms with E-state index in [1.807, 2.05) is 0 Å². The third-order valence-corrected chi connectivity index (χ3v) is 12.3. The van der Waals surface area contributed by atoms with E-state index in [1.54, 1.807) is 72.8 Å². The Kier molecular flexibility index (Phi) is 28.4. The Balaban J connectivity index is 0.000000313. The first-order valence-corrected chi connectivity index (χ1v) is 26.4. The molecule has 0 bridgehead atoms. The van der Waals surface area contributed by atoms with Crippen LogP contribution in [0.1, 0.15) is 55.9 Å². The number of esters is 3. The summed E-state index contributed by atoms with van der Waals surface area (Å²) in [5, 5.41) is 3.51. The highest BCUT2D eigenvalue weighted by molar-refractivity contribution is 6.37. The molecule has 4 unspecified atom stereocenters. The molecule has 0 spiro atoms. The van der Waals surface area contributed by atoms with Gasteiger partial charge in [0.25, 0.3) is 0 Å². The van der Waals surface area contributed by atoms with E-state index in [2.05, 4.69) is 0 Å². The van der Waals surface area contributed by atoms with Gasteiger partial charge >= 0.3 is 17.9 Å². The van der Waals surface area contributed by atoms with Crippen LogP contribution in [0.3, 0.4) is 0 Å². The van der Waals surface area contributed by atoms with E-state index in [4.69, 9.17) is 147 Å². The zero-order valence-electron chi connectivity index (χ0n) is 42.6. The number of carbonyl (C=O) groups excluding carboxylic acids is 6. The second-order valence-electron chi connectivity index (χ2n) is 16.3. The van der Waals surface area contributed by atoms with Gasteiger partial charge in [-0.25, -0.2) is 14.4 Å². The molecular weight excluding hydrogens is 1230 g/mol. The van der Waals surface area contributed by atoms with Gasteiger partial charge in [0.15, 0.2) is 89.5 Å². The van der Waals surface area contributed by atoms with Crippen LogP contribution in [0.25, 0.3) is 0 Å². The summed E-state index contributed by atoms with van der Waals surface area (Å²) in [6.45, 7) is 9.12. The van der Waals surface area contributed by atoms with Crippen molar-refractivity contribution in [3.63, 3.8) is 0 Å². The van der Waals surface area contributed by atoms with Gasteiger partial charge in [-0.3, -0.25) is 14.4 Å². The quantitative estimate of drug-likeness (QED) is 0.0489. The molecule has 0 heterocycles. The Morgan fingerprint density at radius 1 is 0.350 bits per heavy atom. The van der Waals surface area contributed by atoms with E-state index in [1.165, 1.54) is 84.9 Å². The van der Waals surface area contributed by atoms with Crippen LogP contribution in [-0.2, 0) is 43.0 Å². The molecule has 4 atom stereocenters. The summed E-state index contributed by atoms with van der Waals surface area (Å²) in [4.78, 5) is 69.1. The fraction of sp³-hybridized carbons (Fsp3) is 0.250. The number of hydrogen-bond acceptors (Lipinski definition) is 15. The number of hydrogen-bond donors (Lipinski definition) is 0. The minimum Gasteiger partial charge on any atom is -0.478 e. The minimum atomic E-state index is -0.992. The molecule has 0 radical (unpaired) electrons. The van der Waals surface area contributed by atoms with Crippen molar-refractivity contribution < 1.29 is 71.4 Å². The molecule has 6 rings (SSSR count). The fourth-order valence-electron chi connectivity index (χ4n) is 5.54. The van der Waals surface area contributed by atoms with E-state index >= 15 is 0 Å². The standard InChI is InChI=1S/C19H17Cl3O5.2C18H15Cl3O5.CH4/c1-10(23)11(2)26-19(24)12(3)25-18-9-14(21)5-7-17(18)27-16-6-4-13(20)8-15(16)22;2*1-10(22)11(2)25-18(23)9-24-17-8-13(20)4-6-16(17)26-15-5-3-12(19)7-14(15)21;/h4-9,11-12H,1-3H3;2*3-8,11H,9H2,1-2H3;1H4. The maximum absolute atomic E-state index is 12.1. The third-order valence-electron chi connectivity index (χ3n) is 10.0. The highest BCUT2D eigenvalue weighted by Crippen LogP contribution is 2.41. The van der Waals surface area contributed by atoms with Gasteiger partial charge in [-0.05, 0) is 139 Å². The van der Waals surface area contributed by atoms with Crippen molar-refractivity contribution in [2.45, 2.75) is 80.3 Å². The highest BCUT2D eigenvalue weighted by Gasteiger charge is 2.24. The Bertz CT molecular complexity index is 3020. The van der Waals surface area contributed by atoms with Crippen LogP contribution >= 0.6 is 104 Å². The molecule has 0 aliphatic heterocycles. The van der Waals surface area contributed by atoms with Gasteiger partial charge in [-0.15, -0.1) is 0 Å². The summed E-state index contributed by atoms with van der Waals surface area (Å²) in [6, 6.07) is 28.3.